The summed E-state index contributed by atoms with van der Waals surface area (Å²) < 4.78 is 2.76. The molecule has 0 saturated carbocycles. The van der Waals surface area contributed by atoms with E-state index in [4.69, 9.17) is 0 Å². The van der Waals surface area contributed by atoms with Gasteiger partial charge in [0.25, 0.3) is 5.56 Å². The highest BCUT2D eigenvalue weighted by molar-refractivity contribution is 5.70. The van der Waals surface area contributed by atoms with Gasteiger partial charge < -0.3 is 10.3 Å². The zero-order valence-electron chi connectivity index (χ0n) is 12.5. The number of nitrogens with zero attached hydrogens (tertiary/aromatic N) is 3. The second-order valence-corrected chi connectivity index (χ2v) is 5.62. The van der Waals surface area contributed by atoms with Gasteiger partial charge >= 0.3 is 5.69 Å². The Morgan fingerprint density at radius 1 is 1.38 bits per heavy atom. The highest BCUT2D eigenvalue weighted by atomic mass is 16.2. The smallest absolute Gasteiger partial charge is 0.332 e. The van der Waals surface area contributed by atoms with Gasteiger partial charge in [0.2, 0.25) is 0 Å². The molecule has 2 aromatic rings. The Hall–Kier alpha value is -1.89. The van der Waals surface area contributed by atoms with E-state index in [9.17, 15) is 9.59 Å². The molecule has 7 heteroatoms. The summed E-state index contributed by atoms with van der Waals surface area (Å²) >= 11 is 0. The van der Waals surface area contributed by atoms with E-state index in [2.05, 4.69) is 22.2 Å². The lowest BCUT2D eigenvalue weighted by Crippen LogP contribution is -2.38. The molecule has 1 unspecified atom stereocenters. The van der Waals surface area contributed by atoms with Gasteiger partial charge in [-0.05, 0) is 25.8 Å². The summed E-state index contributed by atoms with van der Waals surface area (Å²) in [5.41, 5.74) is 0.315. The van der Waals surface area contributed by atoms with Crippen LogP contribution in [0.2, 0.25) is 0 Å². The highest BCUT2D eigenvalue weighted by Crippen LogP contribution is 2.21. The standard InChI is InChI=1S/C14H21N5O2/c1-3-4-8-19-12-10(13(20)18(2)14(19)21)16-11(17-12)9-6-5-7-15-9/h9,15H,3-8H2,1-2H3,(H,16,17). The summed E-state index contributed by atoms with van der Waals surface area (Å²) in [6.45, 7) is 3.62. The van der Waals surface area contributed by atoms with E-state index >= 15 is 0 Å². The number of fused-ring (bicyclic) bond motifs is 1. The van der Waals surface area contributed by atoms with Crippen molar-refractivity contribution in [1.82, 2.24) is 24.4 Å². The third-order valence-electron chi connectivity index (χ3n) is 4.12. The number of aryl methyl sites for hydroxylation is 1. The zero-order chi connectivity index (χ0) is 15.0. The SMILES string of the molecule is CCCCn1c(=O)n(C)c(=O)c2[nH]c(C3CCCN3)nc21. The fourth-order valence-electron chi connectivity index (χ4n) is 2.85. The maximum Gasteiger partial charge on any atom is 0.332 e. The molecule has 1 fully saturated rings. The molecule has 0 aliphatic carbocycles. The van der Waals surface area contributed by atoms with Crippen molar-refractivity contribution in [3.63, 3.8) is 0 Å². The quantitative estimate of drug-likeness (QED) is 0.866. The predicted molar refractivity (Wildman–Crippen MR) is 80.5 cm³/mol. The van der Waals surface area contributed by atoms with Crippen molar-refractivity contribution in [2.24, 2.45) is 7.05 Å². The van der Waals surface area contributed by atoms with Crippen LogP contribution in [0, 0.1) is 0 Å². The van der Waals surface area contributed by atoms with Crippen molar-refractivity contribution in [1.29, 1.82) is 0 Å². The molecule has 21 heavy (non-hydrogen) atoms. The molecule has 2 N–H and O–H groups in total. The molecule has 0 bridgehead atoms. The van der Waals surface area contributed by atoms with Crippen LogP contribution >= 0.6 is 0 Å². The van der Waals surface area contributed by atoms with Crippen molar-refractivity contribution >= 4 is 11.2 Å². The van der Waals surface area contributed by atoms with Gasteiger partial charge in [-0.1, -0.05) is 13.3 Å². The molecule has 1 saturated heterocycles. The van der Waals surface area contributed by atoms with Crippen LogP contribution in [-0.2, 0) is 13.6 Å². The molecule has 2 aromatic heterocycles. The first-order valence-electron chi connectivity index (χ1n) is 7.56. The summed E-state index contributed by atoms with van der Waals surface area (Å²) in [5, 5.41) is 3.36. The Morgan fingerprint density at radius 3 is 2.86 bits per heavy atom. The van der Waals surface area contributed by atoms with Gasteiger partial charge in [0.1, 0.15) is 11.3 Å². The molecule has 0 aromatic carbocycles. The van der Waals surface area contributed by atoms with E-state index in [0.29, 0.717) is 17.7 Å². The fraction of sp³-hybridized carbons (Fsp3) is 0.643. The maximum atomic E-state index is 12.3. The van der Waals surface area contributed by atoms with E-state index in [-0.39, 0.29) is 17.3 Å². The zero-order valence-corrected chi connectivity index (χ0v) is 12.5. The lowest BCUT2D eigenvalue weighted by atomic mass is 10.2. The van der Waals surface area contributed by atoms with Crippen LogP contribution in [0.15, 0.2) is 9.59 Å². The molecular weight excluding hydrogens is 270 g/mol. The van der Waals surface area contributed by atoms with Gasteiger partial charge in [0, 0.05) is 13.6 Å². The van der Waals surface area contributed by atoms with E-state index in [0.717, 1.165) is 42.6 Å². The molecule has 0 amide bonds. The number of aromatic nitrogens is 4. The third-order valence-corrected chi connectivity index (χ3v) is 4.12. The van der Waals surface area contributed by atoms with Crippen molar-refractivity contribution in [2.75, 3.05) is 6.54 Å². The lowest BCUT2D eigenvalue weighted by molar-refractivity contribution is 0.582. The molecular formula is C14H21N5O2. The van der Waals surface area contributed by atoms with Crippen LogP contribution in [0.1, 0.15) is 44.5 Å². The predicted octanol–water partition coefficient (Wildman–Crippen LogP) is 0.648. The first-order chi connectivity index (χ1) is 10.1. The molecule has 0 radical (unpaired) electrons. The Labute approximate surface area is 122 Å². The van der Waals surface area contributed by atoms with Crippen LogP contribution in [0.4, 0.5) is 0 Å². The van der Waals surface area contributed by atoms with Crippen molar-refractivity contribution in [3.05, 3.63) is 26.7 Å². The minimum absolute atomic E-state index is 0.150. The van der Waals surface area contributed by atoms with Crippen molar-refractivity contribution in [2.45, 2.75) is 45.2 Å². The molecule has 3 heterocycles. The minimum atomic E-state index is -0.306. The first-order valence-corrected chi connectivity index (χ1v) is 7.56. The summed E-state index contributed by atoms with van der Waals surface area (Å²) in [4.78, 5) is 32.2. The van der Waals surface area contributed by atoms with E-state index in [1.54, 1.807) is 4.57 Å². The normalized spacial score (nSPS) is 18.7. The molecule has 114 valence electrons. The van der Waals surface area contributed by atoms with E-state index < -0.39 is 0 Å². The van der Waals surface area contributed by atoms with Crippen LogP contribution in [0.3, 0.4) is 0 Å². The van der Waals surface area contributed by atoms with Gasteiger partial charge in [0.05, 0.1) is 6.04 Å². The summed E-state index contributed by atoms with van der Waals surface area (Å²) in [5.74, 6) is 0.760. The van der Waals surface area contributed by atoms with Crippen molar-refractivity contribution < 1.29 is 0 Å². The van der Waals surface area contributed by atoms with E-state index in [1.165, 1.54) is 7.05 Å². The van der Waals surface area contributed by atoms with Crippen LogP contribution < -0.4 is 16.6 Å². The summed E-state index contributed by atoms with van der Waals surface area (Å²) in [6, 6.07) is 0.150. The molecule has 1 aliphatic rings. The topological polar surface area (TPSA) is 84.7 Å². The summed E-state index contributed by atoms with van der Waals surface area (Å²) in [6.07, 6.45) is 3.97. The average molecular weight is 291 g/mol. The Balaban J connectivity index is 2.19. The lowest BCUT2D eigenvalue weighted by Gasteiger charge is -2.07. The minimum Gasteiger partial charge on any atom is -0.335 e. The number of aromatic amines is 1. The van der Waals surface area contributed by atoms with Gasteiger partial charge in [-0.15, -0.1) is 0 Å². The highest BCUT2D eigenvalue weighted by Gasteiger charge is 2.22. The number of H-pyrrole nitrogens is 1. The molecule has 3 rings (SSSR count). The van der Waals surface area contributed by atoms with Crippen LogP contribution in [-0.4, -0.2) is 25.6 Å². The van der Waals surface area contributed by atoms with Crippen molar-refractivity contribution in [3.8, 4) is 0 Å². The number of rotatable bonds is 4. The van der Waals surface area contributed by atoms with E-state index in [1.807, 2.05) is 0 Å². The number of hydrogen-bond acceptors (Lipinski definition) is 4. The molecule has 1 aliphatic heterocycles. The van der Waals surface area contributed by atoms with Gasteiger partial charge in [-0.3, -0.25) is 13.9 Å². The second-order valence-electron chi connectivity index (χ2n) is 5.62. The number of hydrogen-bond donors (Lipinski definition) is 2. The Kier molecular flexibility index (Phi) is 3.67. The molecule has 1 atom stereocenters. The van der Waals surface area contributed by atoms with Gasteiger partial charge in [0.15, 0.2) is 5.65 Å². The van der Waals surface area contributed by atoms with Gasteiger partial charge in [-0.25, -0.2) is 9.78 Å². The summed E-state index contributed by atoms with van der Waals surface area (Å²) in [7, 11) is 1.51. The fourth-order valence-corrected chi connectivity index (χ4v) is 2.85. The first kappa shape index (κ1) is 14.1. The number of imidazole rings is 1. The molecule has 7 nitrogen and oxygen atoms in total. The molecule has 0 spiro atoms. The number of unbranched alkanes of at least 4 members (excludes halogenated alkanes) is 1. The monoisotopic (exact) mass is 291 g/mol. The second kappa shape index (κ2) is 5.48. The Morgan fingerprint density at radius 2 is 2.19 bits per heavy atom. The maximum absolute atomic E-state index is 12.3. The third kappa shape index (κ3) is 2.31. The number of nitrogens with one attached hydrogen (secondary N) is 2. The average Bonchev–Trinajstić information content (AvgIpc) is 3.13. The largest absolute Gasteiger partial charge is 0.335 e. The Bertz CT molecular complexity index is 764. The van der Waals surface area contributed by atoms with Crippen LogP contribution in [0.25, 0.3) is 11.2 Å². The van der Waals surface area contributed by atoms with Crippen LogP contribution in [0.5, 0.6) is 0 Å². The van der Waals surface area contributed by atoms with Gasteiger partial charge in [-0.2, -0.15) is 0 Å².